The van der Waals surface area contributed by atoms with E-state index in [1.165, 1.54) is 23.5 Å². The van der Waals surface area contributed by atoms with E-state index >= 15 is 0 Å². The van der Waals surface area contributed by atoms with Gasteiger partial charge in [-0.05, 0) is 96.7 Å². The van der Waals surface area contributed by atoms with Crippen LogP contribution in [0.4, 0.5) is 10.1 Å². The van der Waals surface area contributed by atoms with Crippen molar-refractivity contribution >= 4 is 40.9 Å². The lowest BCUT2D eigenvalue weighted by Crippen LogP contribution is -2.25. The molecule has 1 aliphatic carbocycles. The summed E-state index contributed by atoms with van der Waals surface area (Å²) in [5.41, 5.74) is 4.26. The van der Waals surface area contributed by atoms with Crippen molar-refractivity contribution in [2.45, 2.75) is 38.0 Å². The second-order valence-electron chi connectivity index (χ2n) is 9.66. The Morgan fingerprint density at radius 1 is 1.18 bits per heavy atom. The Kier molecular flexibility index (Phi) is 7.85. The normalized spacial score (nSPS) is 13.9. The largest absolute Gasteiger partial charge is 0.755 e. The van der Waals surface area contributed by atoms with E-state index in [0.717, 1.165) is 29.5 Å². The number of anilines is 1. The summed E-state index contributed by atoms with van der Waals surface area (Å²) in [5, 5.41) is 21.7. The number of benzene rings is 3. The summed E-state index contributed by atoms with van der Waals surface area (Å²) in [5.74, 6) is -0.191. The van der Waals surface area contributed by atoms with E-state index in [9.17, 15) is 28.0 Å². The van der Waals surface area contributed by atoms with Gasteiger partial charge < -0.3 is 24.3 Å². The highest BCUT2D eigenvalue weighted by Gasteiger charge is 2.30. The van der Waals surface area contributed by atoms with Gasteiger partial charge in [-0.15, -0.1) is 0 Å². The molecular formula is C28H27BFN2O6S-. The summed E-state index contributed by atoms with van der Waals surface area (Å²) >= 11 is -2.60. The summed E-state index contributed by atoms with van der Waals surface area (Å²) < 4.78 is 45.7. The molecule has 1 heterocycles. The number of hydrogen-bond donors (Lipinski definition) is 3. The molecule has 3 aromatic carbocycles. The highest BCUT2D eigenvalue weighted by Crippen LogP contribution is 2.45. The number of amides is 1. The average molecular weight is 549 g/mol. The van der Waals surface area contributed by atoms with Crippen molar-refractivity contribution in [2.24, 2.45) is 0 Å². The van der Waals surface area contributed by atoms with Gasteiger partial charge in [0.05, 0.1) is 12.1 Å². The van der Waals surface area contributed by atoms with Crippen LogP contribution in [0.3, 0.4) is 0 Å². The van der Waals surface area contributed by atoms with Gasteiger partial charge in [0.1, 0.15) is 17.2 Å². The molecule has 39 heavy (non-hydrogen) atoms. The van der Waals surface area contributed by atoms with Gasteiger partial charge >= 0.3 is 7.12 Å². The maximum absolute atomic E-state index is 13.6. The van der Waals surface area contributed by atoms with Crippen LogP contribution < -0.4 is 9.62 Å². The second kappa shape index (κ2) is 11.3. The molecule has 0 saturated heterocycles. The Hall–Kier alpha value is -3.51. The SMILES string of the molecule is CNC(=O)c1c(-c2ccc(F)cc2)oc2cc(CN(c3cccc(CCB(O)O)c3)S(=O)[O-])c(C3CC3)cc12. The van der Waals surface area contributed by atoms with Crippen LogP contribution in [-0.2, 0) is 24.2 Å². The third kappa shape index (κ3) is 5.91. The third-order valence-electron chi connectivity index (χ3n) is 6.91. The van der Waals surface area contributed by atoms with Crippen LogP contribution >= 0.6 is 0 Å². The number of aryl methyl sites for hydroxylation is 1. The van der Waals surface area contributed by atoms with E-state index in [1.807, 2.05) is 6.07 Å². The third-order valence-corrected chi connectivity index (χ3v) is 7.61. The van der Waals surface area contributed by atoms with Gasteiger partial charge in [0.25, 0.3) is 5.91 Å². The molecule has 3 N–H and O–H groups in total. The molecular weight excluding hydrogens is 522 g/mol. The van der Waals surface area contributed by atoms with E-state index in [2.05, 4.69) is 5.32 Å². The molecule has 202 valence electrons. The molecule has 1 atom stereocenters. The lowest BCUT2D eigenvalue weighted by molar-refractivity contribution is 0.0964. The minimum Gasteiger partial charge on any atom is -0.755 e. The minimum absolute atomic E-state index is 0.0475. The summed E-state index contributed by atoms with van der Waals surface area (Å²) in [6.07, 6.45) is 2.42. The number of rotatable bonds is 10. The fraction of sp³-hybridized carbons (Fsp3) is 0.250. The maximum atomic E-state index is 13.6. The van der Waals surface area contributed by atoms with E-state index in [4.69, 9.17) is 4.42 Å². The first kappa shape index (κ1) is 27.1. The van der Waals surface area contributed by atoms with Crippen LogP contribution in [0.2, 0.25) is 6.32 Å². The molecule has 4 aromatic rings. The van der Waals surface area contributed by atoms with Crippen LogP contribution in [0.15, 0.2) is 65.1 Å². The molecule has 0 bridgehead atoms. The Morgan fingerprint density at radius 2 is 1.92 bits per heavy atom. The zero-order valence-electron chi connectivity index (χ0n) is 21.2. The van der Waals surface area contributed by atoms with Gasteiger partial charge in [0, 0.05) is 35.0 Å². The maximum Gasteiger partial charge on any atom is 0.451 e. The van der Waals surface area contributed by atoms with Crippen molar-refractivity contribution in [3.63, 3.8) is 0 Å². The smallest absolute Gasteiger partial charge is 0.451 e. The van der Waals surface area contributed by atoms with E-state index < -0.39 is 24.2 Å². The quantitative estimate of drug-likeness (QED) is 0.200. The van der Waals surface area contributed by atoms with E-state index in [1.54, 1.807) is 42.5 Å². The molecule has 0 spiro atoms. The van der Waals surface area contributed by atoms with Crippen LogP contribution in [0, 0.1) is 5.82 Å². The lowest BCUT2D eigenvalue weighted by Gasteiger charge is -2.28. The molecule has 0 aliphatic heterocycles. The fourth-order valence-electron chi connectivity index (χ4n) is 4.82. The molecule has 5 rings (SSSR count). The highest BCUT2D eigenvalue weighted by atomic mass is 32.2. The molecule has 0 radical (unpaired) electrons. The van der Waals surface area contributed by atoms with Crippen LogP contribution in [0.25, 0.3) is 22.3 Å². The van der Waals surface area contributed by atoms with Crippen molar-refractivity contribution in [1.29, 1.82) is 0 Å². The molecule has 1 fully saturated rings. The topological polar surface area (TPSA) is 126 Å². The van der Waals surface area contributed by atoms with Crippen molar-refractivity contribution in [3.8, 4) is 11.3 Å². The second-order valence-corrected chi connectivity index (χ2v) is 10.5. The van der Waals surface area contributed by atoms with Gasteiger partial charge in [-0.25, -0.2) is 4.39 Å². The predicted molar refractivity (Wildman–Crippen MR) is 147 cm³/mol. The van der Waals surface area contributed by atoms with Gasteiger partial charge in [0.2, 0.25) is 0 Å². The van der Waals surface area contributed by atoms with Gasteiger partial charge in [-0.1, -0.05) is 12.1 Å². The number of hydrogen-bond acceptors (Lipinski definition) is 6. The van der Waals surface area contributed by atoms with E-state index in [-0.39, 0.29) is 24.7 Å². The van der Waals surface area contributed by atoms with Crippen molar-refractivity contribution in [3.05, 3.63) is 88.7 Å². The Labute approximate surface area is 228 Å². The molecule has 1 unspecified atom stereocenters. The molecule has 1 amide bonds. The first-order chi connectivity index (χ1) is 18.7. The van der Waals surface area contributed by atoms with Crippen molar-refractivity contribution in [1.82, 2.24) is 5.32 Å². The summed E-state index contributed by atoms with van der Waals surface area (Å²) in [4.78, 5) is 12.9. The monoisotopic (exact) mass is 549 g/mol. The van der Waals surface area contributed by atoms with Gasteiger partial charge in [-0.3, -0.25) is 13.3 Å². The van der Waals surface area contributed by atoms with Crippen LogP contribution in [-0.4, -0.2) is 38.9 Å². The first-order valence-electron chi connectivity index (χ1n) is 12.6. The first-order valence-corrected chi connectivity index (χ1v) is 13.7. The zero-order valence-corrected chi connectivity index (χ0v) is 22.0. The Morgan fingerprint density at radius 3 is 2.56 bits per heavy atom. The van der Waals surface area contributed by atoms with Gasteiger partial charge in [0.15, 0.2) is 0 Å². The van der Waals surface area contributed by atoms with Crippen LogP contribution in [0.5, 0.6) is 0 Å². The molecule has 1 aromatic heterocycles. The van der Waals surface area contributed by atoms with E-state index in [0.29, 0.717) is 40.0 Å². The molecule has 1 aliphatic rings. The van der Waals surface area contributed by atoms with Gasteiger partial charge in [-0.2, -0.15) is 0 Å². The fourth-order valence-corrected chi connectivity index (χ4v) is 5.35. The number of furan rings is 1. The number of halogens is 1. The summed E-state index contributed by atoms with van der Waals surface area (Å²) in [7, 11) is 0.0850. The number of carbonyl (C=O) groups excluding carboxylic acids is 1. The predicted octanol–water partition coefficient (Wildman–Crippen LogP) is 4.29. The number of nitrogens with one attached hydrogen (secondary N) is 1. The molecule has 8 nitrogen and oxygen atoms in total. The Bertz CT molecular complexity index is 1540. The highest BCUT2D eigenvalue weighted by molar-refractivity contribution is 7.80. The molecule has 11 heteroatoms. The van der Waals surface area contributed by atoms with Crippen LogP contribution in [0.1, 0.15) is 45.8 Å². The average Bonchev–Trinajstić information content (AvgIpc) is 3.70. The minimum atomic E-state index is -2.60. The number of carbonyl (C=O) groups is 1. The van der Waals surface area contributed by atoms with Crippen molar-refractivity contribution < 1.29 is 32.4 Å². The number of nitrogens with zero attached hydrogens (tertiary/aromatic N) is 1. The molecule has 1 saturated carbocycles. The zero-order chi connectivity index (χ0) is 27.7. The summed E-state index contributed by atoms with van der Waals surface area (Å²) in [6, 6.07) is 16.3. The lowest BCUT2D eigenvalue weighted by atomic mass is 9.83. The standard InChI is InChI=1S/C28H28BFN2O6S/c1-31-28(33)26-24-15-23(18-5-6-18)20(14-25(24)38-27(26)19-7-9-21(30)10-8-19)16-32(39(36)37)22-4-2-3-17(13-22)11-12-29(34)35/h2-4,7-10,13-15,18,34-35H,5-6,11-12,16H2,1H3,(H,31,33)(H,36,37)/p-1. The summed E-state index contributed by atoms with van der Waals surface area (Å²) in [6.45, 7) is 0.0475. The Balaban J connectivity index is 1.58. The number of fused-ring (bicyclic) bond motifs is 1. The van der Waals surface area contributed by atoms with Crippen molar-refractivity contribution in [2.75, 3.05) is 11.4 Å².